The van der Waals surface area contributed by atoms with Crippen molar-refractivity contribution in [2.24, 2.45) is 5.92 Å². The number of nitrogen functional groups attached to an aromatic ring is 1. The summed E-state index contributed by atoms with van der Waals surface area (Å²) in [5, 5.41) is 4.63. The Balaban J connectivity index is 1.33. The van der Waals surface area contributed by atoms with Crippen molar-refractivity contribution in [3.05, 3.63) is 66.1 Å². The molecule has 1 aliphatic rings. The van der Waals surface area contributed by atoms with Crippen LogP contribution in [-0.4, -0.2) is 44.2 Å². The predicted molar refractivity (Wildman–Crippen MR) is 153 cm³/mol. The molecule has 4 atom stereocenters. The summed E-state index contributed by atoms with van der Waals surface area (Å²) >= 11 is 6.18. The number of anilines is 1. The van der Waals surface area contributed by atoms with Crippen molar-refractivity contribution >= 4 is 53.2 Å². The third kappa shape index (κ3) is 6.13. The van der Waals surface area contributed by atoms with Crippen LogP contribution in [0.25, 0.3) is 21.9 Å². The summed E-state index contributed by atoms with van der Waals surface area (Å²) in [5.74, 6) is -0.240. The molecule has 2 aromatic carbocycles. The van der Waals surface area contributed by atoms with E-state index in [1.165, 1.54) is 0 Å². The molecule has 0 saturated carbocycles. The molecular weight excluding hydrogens is 555 g/mol. The van der Waals surface area contributed by atoms with E-state index < -0.39 is 19.8 Å². The topological polar surface area (TPSA) is 143 Å². The van der Waals surface area contributed by atoms with E-state index in [0.717, 1.165) is 10.8 Å². The van der Waals surface area contributed by atoms with Gasteiger partial charge in [0.1, 0.15) is 17.3 Å². The lowest BCUT2D eigenvalue weighted by Crippen LogP contribution is -2.36. The number of esters is 1. The van der Waals surface area contributed by atoms with Crippen molar-refractivity contribution in [1.82, 2.24) is 24.6 Å². The van der Waals surface area contributed by atoms with Crippen LogP contribution in [-0.2, 0) is 18.6 Å². The van der Waals surface area contributed by atoms with E-state index in [2.05, 4.69) is 20.0 Å². The van der Waals surface area contributed by atoms with Crippen LogP contribution < -0.4 is 15.3 Å². The van der Waals surface area contributed by atoms with E-state index in [-0.39, 0.29) is 35.8 Å². The van der Waals surface area contributed by atoms with Crippen molar-refractivity contribution in [1.29, 1.82) is 0 Å². The van der Waals surface area contributed by atoms with Crippen LogP contribution in [0.5, 0.6) is 5.75 Å². The monoisotopic (exact) mass is 584 g/mol. The number of allylic oxidation sites excluding steroid dienone is 1. The molecule has 0 radical (unpaired) electrons. The summed E-state index contributed by atoms with van der Waals surface area (Å²) in [5.41, 5.74) is 6.78. The highest BCUT2D eigenvalue weighted by molar-refractivity contribution is 7.52. The second-order valence-electron chi connectivity index (χ2n) is 9.84. The third-order valence-corrected chi connectivity index (χ3v) is 8.28. The largest absolute Gasteiger partial charge is 0.462 e. The number of benzene rings is 2. The number of fused-ring (bicyclic) bond motifs is 2. The van der Waals surface area contributed by atoms with Crippen molar-refractivity contribution in [2.45, 2.75) is 45.4 Å². The van der Waals surface area contributed by atoms with Crippen molar-refractivity contribution < 1.29 is 23.1 Å². The number of ether oxygens (including phenoxy) is 1. The van der Waals surface area contributed by atoms with E-state index in [1.54, 1.807) is 39.2 Å². The lowest BCUT2D eigenvalue weighted by Gasteiger charge is -2.25. The number of halogens is 1. The van der Waals surface area contributed by atoms with Crippen LogP contribution in [0.1, 0.15) is 33.2 Å². The van der Waals surface area contributed by atoms with Crippen LogP contribution in [0, 0.1) is 5.92 Å². The highest BCUT2D eigenvalue weighted by Gasteiger charge is 2.34. The predicted octanol–water partition coefficient (Wildman–Crippen LogP) is 5.47. The highest BCUT2D eigenvalue weighted by Crippen LogP contribution is 2.48. The Kier molecular flexibility index (Phi) is 8.09. The number of imidazole rings is 1. The molecule has 4 aromatic rings. The maximum atomic E-state index is 14.1. The number of nitrogens with two attached hydrogens (primary N) is 1. The Hall–Kier alpha value is -3.50. The normalized spacial score (nSPS) is 19.2. The average Bonchev–Trinajstić information content (AvgIpc) is 3.54. The zero-order valence-corrected chi connectivity index (χ0v) is 23.9. The highest BCUT2D eigenvalue weighted by atomic mass is 35.5. The van der Waals surface area contributed by atoms with E-state index in [0.29, 0.717) is 23.3 Å². The van der Waals surface area contributed by atoms with Gasteiger partial charge in [0, 0.05) is 11.3 Å². The summed E-state index contributed by atoms with van der Waals surface area (Å²) in [6.07, 6.45) is 5.90. The molecule has 13 heteroatoms. The van der Waals surface area contributed by atoms with Gasteiger partial charge >= 0.3 is 13.7 Å². The maximum absolute atomic E-state index is 14.1. The minimum absolute atomic E-state index is 0.0591. The summed E-state index contributed by atoms with van der Waals surface area (Å²) in [6.45, 7) is 5.11. The summed E-state index contributed by atoms with van der Waals surface area (Å²) in [6, 6.07) is 12.0. The molecule has 40 heavy (non-hydrogen) atoms. The standard InChI is InChI=1S/C27H30ClN6O5P/c1-16(2)38-26(35)17(3)33-40(36,39-22-10-6-8-19-7-4-5-9-21(19)22)37-14-18-11-12-20(13-18)34-15-30-23-24(28)31-27(29)32-25(23)34/h4-12,15-18,20H,13-14H2,1-3H3,(H,33,36)(H2,29,31,32)/t17-,18+,20-,40?/m0/s1. The van der Waals surface area contributed by atoms with Gasteiger partial charge in [-0.15, -0.1) is 0 Å². The van der Waals surface area contributed by atoms with Crippen molar-refractivity contribution in [3.63, 3.8) is 0 Å². The van der Waals surface area contributed by atoms with Gasteiger partial charge < -0.3 is 19.6 Å². The smallest absolute Gasteiger partial charge is 0.459 e. The first-order valence-corrected chi connectivity index (χ1v) is 14.8. The molecular formula is C27H30ClN6O5P. The van der Waals surface area contributed by atoms with Crippen LogP contribution in [0.3, 0.4) is 0 Å². The molecule has 2 heterocycles. The molecule has 3 N–H and O–H groups in total. The van der Waals surface area contributed by atoms with Gasteiger partial charge in [0.15, 0.2) is 10.8 Å². The Labute approximate surface area is 236 Å². The number of hydrogen-bond donors (Lipinski definition) is 2. The fourth-order valence-electron chi connectivity index (χ4n) is 4.54. The van der Waals surface area contributed by atoms with Crippen LogP contribution in [0.2, 0.25) is 5.15 Å². The van der Waals surface area contributed by atoms with Crippen LogP contribution in [0.4, 0.5) is 5.95 Å². The SMILES string of the molecule is CC(C)OC(=O)[C@H](C)NP(=O)(OC[C@@H]1C=C[C@H](n2cnc3c(Cl)nc(N)nc32)C1)Oc1cccc2ccccc12. The molecule has 2 aromatic heterocycles. The molecule has 5 rings (SSSR count). The van der Waals surface area contributed by atoms with Gasteiger partial charge in [-0.1, -0.05) is 60.2 Å². The molecule has 0 bridgehead atoms. The molecule has 1 aliphatic carbocycles. The Morgan fingerprint density at radius 2 is 1.95 bits per heavy atom. The second-order valence-corrected chi connectivity index (χ2v) is 11.9. The molecule has 11 nitrogen and oxygen atoms in total. The van der Waals surface area contributed by atoms with E-state index in [9.17, 15) is 9.36 Å². The van der Waals surface area contributed by atoms with E-state index in [1.807, 2.05) is 47.1 Å². The molecule has 210 valence electrons. The summed E-state index contributed by atoms with van der Waals surface area (Å²) < 4.78 is 33.2. The number of nitrogens with one attached hydrogen (secondary N) is 1. The van der Waals surface area contributed by atoms with Gasteiger partial charge in [-0.2, -0.15) is 15.1 Å². The van der Waals surface area contributed by atoms with Gasteiger partial charge in [0.25, 0.3) is 0 Å². The van der Waals surface area contributed by atoms with E-state index in [4.69, 9.17) is 31.1 Å². The molecule has 0 amide bonds. The number of carbonyl (C=O) groups is 1. The van der Waals surface area contributed by atoms with E-state index >= 15 is 0 Å². The number of hydrogen-bond acceptors (Lipinski definition) is 9. The number of carbonyl (C=O) groups excluding carboxylic acids is 1. The Morgan fingerprint density at radius 3 is 2.75 bits per heavy atom. The quantitative estimate of drug-likeness (QED) is 0.107. The average molecular weight is 585 g/mol. The minimum Gasteiger partial charge on any atom is -0.462 e. The van der Waals surface area contributed by atoms with Crippen molar-refractivity contribution in [2.75, 3.05) is 12.3 Å². The van der Waals surface area contributed by atoms with Crippen molar-refractivity contribution in [3.8, 4) is 5.75 Å². The van der Waals surface area contributed by atoms with Crippen LogP contribution in [0.15, 0.2) is 60.9 Å². The third-order valence-electron chi connectivity index (χ3n) is 6.39. The Morgan fingerprint density at radius 1 is 1.18 bits per heavy atom. The summed E-state index contributed by atoms with van der Waals surface area (Å²) in [4.78, 5) is 25.1. The first-order valence-electron chi connectivity index (χ1n) is 12.9. The van der Waals surface area contributed by atoms with Gasteiger partial charge in [-0.05, 0) is 38.6 Å². The molecule has 0 aliphatic heterocycles. The fraction of sp³-hybridized carbons (Fsp3) is 0.333. The number of aromatic nitrogens is 4. The summed E-state index contributed by atoms with van der Waals surface area (Å²) in [7, 11) is -4.04. The Bertz CT molecular complexity index is 1620. The van der Waals surface area contributed by atoms with Gasteiger partial charge in [0.05, 0.1) is 25.1 Å². The number of nitrogens with zero attached hydrogens (tertiary/aromatic N) is 4. The second kappa shape index (κ2) is 11.5. The van der Waals surface area contributed by atoms with Gasteiger partial charge in [0.2, 0.25) is 5.95 Å². The lowest BCUT2D eigenvalue weighted by atomic mass is 10.1. The first kappa shape index (κ1) is 28.0. The lowest BCUT2D eigenvalue weighted by molar-refractivity contribution is -0.149. The fourth-order valence-corrected chi connectivity index (χ4v) is 6.32. The molecule has 1 unspecified atom stereocenters. The first-order chi connectivity index (χ1) is 19.1. The molecule has 0 fully saturated rings. The molecule has 0 spiro atoms. The molecule has 0 saturated heterocycles. The minimum atomic E-state index is -4.04. The maximum Gasteiger partial charge on any atom is 0.459 e. The number of rotatable bonds is 10. The van der Waals surface area contributed by atoms with Crippen LogP contribution >= 0.6 is 19.3 Å². The van der Waals surface area contributed by atoms with Gasteiger partial charge in [-0.3, -0.25) is 9.32 Å². The zero-order chi connectivity index (χ0) is 28.4. The zero-order valence-electron chi connectivity index (χ0n) is 22.2. The van der Waals surface area contributed by atoms with Gasteiger partial charge in [-0.25, -0.2) is 9.55 Å².